The van der Waals surface area contributed by atoms with Crippen LogP contribution in [0.4, 0.5) is 14.5 Å². The number of thiocarbonyl (C=S) groups is 1. The summed E-state index contributed by atoms with van der Waals surface area (Å²) < 4.78 is 26.5. The smallest absolute Gasteiger partial charge is 0.237 e. The molecule has 1 fully saturated rings. The Labute approximate surface area is 119 Å². The Morgan fingerprint density at radius 1 is 1.42 bits per heavy atom. The molecule has 0 bridgehead atoms. The number of amides is 1. The van der Waals surface area contributed by atoms with E-state index >= 15 is 0 Å². The zero-order chi connectivity index (χ0) is 14.2. The van der Waals surface area contributed by atoms with Crippen LogP contribution in [0.25, 0.3) is 0 Å². The molecule has 7 heteroatoms. The van der Waals surface area contributed by atoms with Crippen LogP contribution in [0.2, 0.25) is 5.02 Å². The monoisotopic (exact) mass is 304 g/mol. The number of nitrogens with one attached hydrogen (secondary N) is 1. The minimum absolute atomic E-state index is 0.0786. The third kappa shape index (κ3) is 2.42. The van der Waals surface area contributed by atoms with Crippen LogP contribution >= 0.6 is 23.8 Å². The Kier molecular flexibility index (Phi) is 3.73. The SMILES string of the molecule is NC(=S)C1(C(=O)Nc2c(F)cc(F)cc2Cl)CCC1. The maximum absolute atomic E-state index is 13.6. The van der Waals surface area contributed by atoms with E-state index in [0.717, 1.165) is 12.5 Å². The molecular formula is C12H11ClF2N2OS. The number of benzene rings is 1. The predicted octanol–water partition coefficient (Wildman–Crippen LogP) is 3.01. The first-order valence-corrected chi connectivity index (χ1v) is 6.41. The normalized spacial score (nSPS) is 16.6. The van der Waals surface area contributed by atoms with Gasteiger partial charge in [0.25, 0.3) is 0 Å². The van der Waals surface area contributed by atoms with Crippen molar-refractivity contribution in [1.82, 2.24) is 0 Å². The third-order valence-corrected chi connectivity index (χ3v) is 4.05. The van der Waals surface area contributed by atoms with E-state index in [9.17, 15) is 13.6 Å². The third-order valence-electron chi connectivity index (χ3n) is 3.36. The number of carbonyl (C=O) groups is 1. The van der Waals surface area contributed by atoms with Gasteiger partial charge in [0.05, 0.1) is 21.1 Å². The molecular weight excluding hydrogens is 294 g/mol. The van der Waals surface area contributed by atoms with Gasteiger partial charge in [0.15, 0.2) is 5.82 Å². The molecule has 0 spiro atoms. The summed E-state index contributed by atoms with van der Waals surface area (Å²) >= 11 is 10.6. The van der Waals surface area contributed by atoms with Gasteiger partial charge in [0, 0.05) is 6.07 Å². The van der Waals surface area contributed by atoms with Crippen molar-refractivity contribution >= 4 is 40.4 Å². The predicted molar refractivity (Wildman–Crippen MR) is 73.1 cm³/mol. The quantitative estimate of drug-likeness (QED) is 0.844. The molecule has 3 N–H and O–H groups in total. The molecule has 1 saturated carbocycles. The van der Waals surface area contributed by atoms with Gasteiger partial charge < -0.3 is 11.1 Å². The van der Waals surface area contributed by atoms with E-state index in [0.29, 0.717) is 18.9 Å². The number of carbonyl (C=O) groups excluding carboxylic acids is 1. The molecule has 1 aromatic carbocycles. The molecule has 3 nitrogen and oxygen atoms in total. The highest BCUT2D eigenvalue weighted by molar-refractivity contribution is 7.80. The summed E-state index contributed by atoms with van der Waals surface area (Å²) in [6, 6.07) is 1.57. The van der Waals surface area contributed by atoms with Crippen molar-refractivity contribution in [2.45, 2.75) is 19.3 Å². The van der Waals surface area contributed by atoms with E-state index in [-0.39, 0.29) is 15.7 Å². The van der Waals surface area contributed by atoms with Gasteiger partial charge >= 0.3 is 0 Å². The lowest BCUT2D eigenvalue weighted by Gasteiger charge is -2.39. The highest BCUT2D eigenvalue weighted by Gasteiger charge is 2.47. The van der Waals surface area contributed by atoms with Gasteiger partial charge in [-0.05, 0) is 18.9 Å². The minimum atomic E-state index is -0.945. The number of nitrogens with two attached hydrogens (primary N) is 1. The second kappa shape index (κ2) is 5.02. The molecule has 0 saturated heterocycles. The van der Waals surface area contributed by atoms with Crippen LogP contribution in [0.15, 0.2) is 12.1 Å². The van der Waals surface area contributed by atoms with E-state index in [1.807, 2.05) is 0 Å². The van der Waals surface area contributed by atoms with Gasteiger partial charge in [-0.15, -0.1) is 0 Å². The van der Waals surface area contributed by atoms with Crippen LogP contribution in [0.3, 0.4) is 0 Å². The van der Waals surface area contributed by atoms with Gasteiger partial charge in [-0.2, -0.15) is 0 Å². The van der Waals surface area contributed by atoms with Gasteiger partial charge in [0.2, 0.25) is 5.91 Å². The summed E-state index contributed by atoms with van der Waals surface area (Å²) in [6.07, 6.45) is 1.87. The largest absolute Gasteiger partial charge is 0.392 e. The van der Waals surface area contributed by atoms with Crippen LogP contribution < -0.4 is 11.1 Å². The molecule has 0 aliphatic heterocycles. The first-order chi connectivity index (χ1) is 8.86. The molecule has 2 rings (SSSR count). The number of hydrogen-bond donors (Lipinski definition) is 2. The lowest BCUT2D eigenvalue weighted by molar-refractivity contribution is -0.125. The number of rotatable bonds is 3. The summed E-state index contributed by atoms with van der Waals surface area (Å²) in [7, 11) is 0. The molecule has 0 unspecified atom stereocenters. The van der Waals surface area contributed by atoms with Crippen LogP contribution in [0, 0.1) is 17.0 Å². The second-order valence-electron chi connectivity index (χ2n) is 4.50. The summed E-state index contributed by atoms with van der Waals surface area (Å²) in [6.45, 7) is 0. The Balaban J connectivity index is 2.27. The zero-order valence-corrected chi connectivity index (χ0v) is 11.4. The first kappa shape index (κ1) is 14.1. The van der Waals surface area contributed by atoms with E-state index in [4.69, 9.17) is 29.6 Å². The van der Waals surface area contributed by atoms with Crippen molar-refractivity contribution in [3.8, 4) is 0 Å². The van der Waals surface area contributed by atoms with E-state index in [2.05, 4.69) is 5.32 Å². The molecule has 1 amide bonds. The van der Waals surface area contributed by atoms with Crippen LogP contribution in [0.5, 0.6) is 0 Å². The van der Waals surface area contributed by atoms with Crippen molar-refractivity contribution in [1.29, 1.82) is 0 Å². The van der Waals surface area contributed by atoms with E-state index in [1.165, 1.54) is 0 Å². The molecule has 1 aliphatic carbocycles. The maximum atomic E-state index is 13.6. The van der Waals surface area contributed by atoms with Gasteiger partial charge in [0.1, 0.15) is 5.82 Å². The highest BCUT2D eigenvalue weighted by Crippen LogP contribution is 2.42. The van der Waals surface area contributed by atoms with Crippen molar-refractivity contribution in [2.75, 3.05) is 5.32 Å². The highest BCUT2D eigenvalue weighted by atomic mass is 35.5. The summed E-state index contributed by atoms with van der Waals surface area (Å²) in [4.78, 5) is 12.2. The van der Waals surface area contributed by atoms with E-state index < -0.39 is 23.0 Å². The molecule has 1 aliphatic rings. The van der Waals surface area contributed by atoms with Crippen molar-refractivity contribution in [3.05, 3.63) is 28.8 Å². The fourth-order valence-corrected chi connectivity index (χ4v) is 2.55. The van der Waals surface area contributed by atoms with Crippen molar-refractivity contribution in [3.63, 3.8) is 0 Å². The average Bonchev–Trinajstić information content (AvgIpc) is 2.20. The Bertz CT molecular complexity index is 538. The maximum Gasteiger partial charge on any atom is 0.237 e. The fraction of sp³-hybridized carbons (Fsp3) is 0.333. The zero-order valence-electron chi connectivity index (χ0n) is 9.80. The Morgan fingerprint density at radius 2 is 2.05 bits per heavy atom. The fourth-order valence-electron chi connectivity index (χ4n) is 2.01. The Morgan fingerprint density at radius 3 is 2.47 bits per heavy atom. The molecule has 1 aromatic rings. The van der Waals surface area contributed by atoms with Gasteiger partial charge in [-0.25, -0.2) is 8.78 Å². The van der Waals surface area contributed by atoms with Crippen molar-refractivity contribution in [2.24, 2.45) is 11.1 Å². The lowest BCUT2D eigenvalue weighted by atomic mass is 9.68. The summed E-state index contributed by atoms with van der Waals surface area (Å²) in [5.41, 5.74) is 4.37. The van der Waals surface area contributed by atoms with Gasteiger partial charge in [-0.3, -0.25) is 4.79 Å². The van der Waals surface area contributed by atoms with Crippen molar-refractivity contribution < 1.29 is 13.6 Å². The van der Waals surface area contributed by atoms with Crippen LogP contribution in [-0.2, 0) is 4.79 Å². The number of anilines is 1. The second-order valence-corrected chi connectivity index (χ2v) is 5.35. The number of hydrogen-bond acceptors (Lipinski definition) is 2. The van der Waals surface area contributed by atoms with Crippen LogP contribution in [0.1, 0.15) is 19.3 Å². The minimum Gasteiger partial charge on any atom is -0.392 e. The van der Waals surface area contributed by atoms with Crippen LogP contribution in [-0.4, -0.2) is 10.9 Å². The van der Waals surface area contributed by atoms with E-state index in [1.54, 1.807) is 0 Å². The topological polar surface area (TPSA) is 55.1 Å². The molecule has 19 heavy (non-hydrogen) atoms. The number of halogens is 3. The first-order valence-electron chi connectivity index (χ1n) is 5.63. The average molecular weight is 305 g/mol. The molecule has 0 atom stereocenters. The standard InChI is InChI=1S/C12H11ClF2N2OS/c13-7-4-6(14)5-8(15)9(7)17-11(18)12(10(16)19)2-1-3-12/h4-5H,1-3H2,(H2,16,19)(H,17,18). The summed E-state index contributed by atoms with van der Waals surface area (Å²) in [5.74, 6) is -2.25. The molecule has 102 valence electrons. The lowest BCUT2D eigenvalue weighted by Crippen LogP contribution is -2.50. The van der Waals surface area contributed by atoms with Gasteiger partial charge in [-0.1, -0.05) is 30.2 Å². The molecule has 0 aromatic heterocycles. The molecule has 0 heterocycles. The Hall–Kier alpha value is -1.27. The summed E-state index contributed by atoms with van der Waals surface area (Å²) in [5, 5.41) is 2.14. The molecule has 0 radical (unpaired) electrons.